The lowest BCUT2D eigenvalue weighted by atomic mass is 9.87. The van der Waals surface area contributed by atoms with Gasteiger partial charge in [0.1, 0.15) is 6.10 Å². The van der Waals surface area contributed by atoms with E-state index < -0.39 is 17.4 Å². The van der Waals surface area contributed by atoms with E-state index in [1.54, 1.807) is 13.8 Å². The Bertz CT molecular complexity index is 268. The van der Waals surface area contributed by atoms with Gasteiger partial charge in [0, 0.05) is 18.4 Å². The van der Waals surface area contributed by atoms with Crippen LogP contribution in [0.25, 0.3) is 0 Å². The lowest BCUT2D eigenvalue weighted by Crippen LogP contribution is -2.45. The Morgan fingerprint density at radius 3 is 2.47 bits per heavy atom. The first-order valence-corrected chi connectivity index (χ1v) is 6.56. The van der Waals surface area contributed by atoms with Gasteiger partial charge in [0.2, 0.25) is 5.91 Å². The summed E-state index contributed by atoms with van der Waals surface area (Å²) in [4.78, 5) is 22.7. The maximum Gasteiger partial charge on any atom is 0.249 e. The van der Waals surface area contributed by atoms with Crippen LogP contribution in [0.15, 0.2) is 0 Å². The average Bonchev–Trinajstić information content (AvgIpc) is 2.28. The van der Waals surface area contributed by atoms with Crippen molar-refractivity contribution >= 4 is 22.8 Å². The van der Waals surface area contributed by atoms with E-state index in [0.29, 0.717) is 5.75 Å². The fourth-order valence-electron chi connectivity index (χ4n) is 1.06. The van der Waals surface area contributed by atoms with E-state index in [1.807, 2.05) is 6.92 Å². The standard InChI is InChI=1S/C11H21NO4S/c1-4-17-8(14)5-6-12-10(16)9(15)11(2,3)7-13/h9,13,15H,4-7H2,1-3H3,(H,12,16)/t9-/m0/s1. The second kappa shape index (κ2) is 7.68. The van der Waals surface area contributed by atoms with Crippen molar-refractivity contribution in [2.75, 3.05) is 18.9 Å². The zero-order valence-electron chi connectivity index (χ0n) is 10.5. The minimum Gasteiger partial charge on any atom is -0.396 e. The van der Waals surface area contributed by atoms with Crippen LogP contribution in [0.4, 0.5) is 0 Å². The predicted molar refractivity (Wildman–Crippen MR) is 67.6 cm³/mol. The molecule has 0 radical (unpaired) electrons. The summed E-state index contributed by atoms with van der Waals surface area (Å²) in [6.45, 7) is 4.99. The second-order valence-electron chi connectivity index (χ2n) is 4.40. The molecular formula is C11H21NO4S. The van der Waals surface area contributed by atoms with Gasteiger partial charge in [-0.2, -0.15) is 0 Å². The van der Waals surface area contributed by atoms with Crippen LogP contribution in [0, 0.1) is 5.41 Å². The first-order valence-electron chi connectivity index (χ1n) is 5.57. The number of aliphatic hydroxyl groups is 2. The van der Waals surface area contributed by atoms with Gasteiger partial charge < -0.3 is 15.5 Å². The number of thioether (sulfide) groups is 1. The molecule has 0 saturated carbocycles. The molecule has 0 aromatic rings. The quantitative estimate of drug-likeness (QED) is 0.609. The Hall–Kier alpha value is -0.590. The van der Waals surface area contributed by atoms with Gasteiger partial charge in [-0.1, -0.05) is 32.5 Å². The summed E-state index contributed by atoms with van der Waals surface area (Å²) in [5.41, 5.74) is -0.883. The Morgan fingerprint density at radius 2 is 2.00 bits per heavy atom. The fourth-order valence-corrected chi connectivity index (χ4v) is 1.63. The molecule has 0 spiro atoms. The SMILES string of the molecule is CCSC(=O)CCNC(=O)[C@H](O)C(C)(C)CO. The molecule has 0 aliphatic carbocycles. The molecule has 0 rings (SSSR count). The molecule has 100 valence electrons. The number of nitrogens with one attached hydrogen (secondary N) is 1. The van der Waals surface area contributed by atoms with E-state index in [1.165, 1.54) is 11.8 Å². The normalized spacial score (nSPS) is 13.2. The molecule has 6 heteroatoms. The highest BCUT2D eigenvalue weighted by Crippen LogP contribution is 2.19. The molecule has 1 amide bonds. The van der Waals surface area contributed by atoms with Crippen LogP contribution in [-0.2, 0) is 9.59 Å². The number of rotatable bonds is 7. The number of hydrogen-bond donors (Lipinski definition) is 3. The van der Waals surface area contributed by atoms with Crippen molar-refractivity contribution in [2.24, 2.45) is 5.41 Å². The molecule has 0 aliphatic rings. The third-order valence-electron chi connectivity index (χ3n) is 2.33. The molecule has 0 aromatic carbocycles. The van der Waals surface area contributed by atoms with Crippen LogP contribution in [0.1, 0.15) is 27.2 Å². The van der Waals surface area contributed by atoms with Crippen molar-refractivity contribution in [2.45, 2.75) is 33.3 Å². The Morgan fingerprint density at radius 1 is 1.41 bits per heavy atom. The number of amides is 1. The first-order chi connectivity index (χ1) is 7.85. The predicted octanol–water partition coefficient (Wildman–Crippen LogP) is 0.152. The maximum atomic E-state index is 11.5. The summed E-state index contributed by atoms with van der Waals surface area (Å²) in [6.07, 6.45) is -1.03. The van der Waals surface area contributed by atoms with Crippen molar-refractivity contribution in [1.29, 1.82) is 0 Å². The Balaban J connectivity index is 3.99. The number of carbonyl (C=O) groups excluding carboxylic acids is 2. The third-order valence-corrected chi connectivity index (χ3v) is 3.14. The number of aliphatic hydroxyl groups excluding tert-OH is 2. The molecule has 1 atom stereocenters. The van der Waals surface area contributed by atoms with Gasteiger partial charge in [0.15, 0.2) is 5.12 Å². The van der Waals surface area contributed by atoms with Gasteiger partial charge in [-0.15, -0.1) is 0 Å². The van der Waals surface area contributed by atoms with Gasteiger partial charge in [-0.25, -0.2) is 0 Å². The topological polar surface area (TPSA) is 86.6 Å². The van der Waals surface area contributed by atoms with Crippen molar-refractivity contribution in [3.63, 3.8) is 0 Å². The van der Waals surface area contributed by atoms with Gasteiger partial charge in [-0.05, 0) is 5.75 Å². The first kappa shape index (κ1) is 16.4. The average molecular weight is 263 g/mol. The van der Waals surface area contributed by atoms with Crippen LogP contribution in [0.2, 0.25) is 0 Å². The fraction of sp³-hybridized carbons (Fsp3) is 0.818. The van der Waals surface area contributed by atoms with Gasteiger partial charge in [-0.3, -0.25) is 9.59 Å². The summed E-state index contributed by atoms with van der Waals surface area (Å²) < 4.78 is 0. The van der Waals surface area contributed by atoms with E-state index >= 15 is 0 Å². The molecule has 0 saturated heterocycles. The van der Waals surface area contributed by atoms with Crippen LogP contribution in [0.3, 0.4) is 0 Å². The highest BCUT2D eigenvalue weighted by atomic mass is 32.2. The Kier molecular flexibility index (Phi) is 7.41. The molecular weight excluding hydrogens is 242 g/mol. The van der Waals surface area contributed by atoms with E-state index in [4.69, 9.17) is 5.11 Å². The smallest absolute Gasteiger partial charge is 0.249 e. The molecule has 0 heterocycles. The molecule has 0 aliphatic heterocycles. The molecule has 3 N–H and O–H groups in total. The molecule has 17 heavy (non-hydrogen) atoms. The van der Waals surface area contributed by atoms with Crippen LogP contribution in [-0.4, -0.2) is 46.2 Å². The summed E-state index contributed by atoms with van der Waals surface area (Å²) in [5.74, 6) is 0.158. The Labute approximate surface area is 106 Å². The zero-order chi connectivity index (χ0) is 13.5. The van der Waals surface area contributed by atoms with E-state index in [-0.39, 0.29) is 24.7 Å². The summed E-state index contributed by atoms with van der Waals surface area (Å²) >= 11 is 1.21. The lowest BCUT2D eigenvalue weighted by Gasteiger charge is -2.27. The van der Waals surface area contributed by atoms with E-state index in [2.05, 4.69) is 5.32 Å². The van der Waals surface area contributed by atoms with E-state index in [9.17, 15) is 14.7 Å². The van der Waals surface area contributed by atoms with Gasteiger partial charge >= 0.3 is 0 Å². The highest BCUT2D eigenvalue weighted by Gasteiger charge is 2.32. The number of hydrogen-bond acceptors (Lipinski definition) is 5. The van der Waals surface area contributed by atoms with Gasteiger partial charge in [0.05, 0.1) is 6.61 Å². The minimum absolute atomic E-state index is 0.0173. The lowest BCUT2D eigenvalue weighted by molar-refractivity contribution is -0.137. The van der Waals surface area contributed by atoms with E-state index in [0.717, 1.165) is 0 Å². The molecule has 0 bridgehead atoms. The second-order valence-corrected chi connectivity index (χ2v) is 5.72. The van der Waals surface area contributed by atoms with Crippen molar-refractivity contribution in [1.82, 2.24) is 5.32 Å². The van der Waals surface area contributed by atoms with Crippen LogP contribution >= 0.6 is 11.8 Å². The third kappa shape index (κ3) is 6.05. The maximum absolute atomic E-state index is 11.5. The molecule has 5 nitrogen and oxygen atoms in total. The van der Waals surface area contributed by atoms with Gasteiger partial charge in [0.25, 0.3) is 0 Å². The van der Waals surface area contributed by atoms with Crippen molar-refractivity contribution in [3.05, 3.63) is 0 Å². The largest absolute Gasteiger partial charge is 0.396 e. The number of carbonyl (C=O) groups is 2. The summed E-state index contributed by atoms with van der Waals surface area (Å²) in [6, 6.07) is 0. The van der Waals surface area contributed by atoms with Crippen molar-refractivity contribution < 1.29 is 19.8 Å². The zero-order valence-corrected chi connectivity index (χ0v) is 11.3. The van der Waals surface area contributed by atoms with Crippen LogP contribution in [0.5, 0.6) is 0 Å². The minimum atomic E-state index is -1.28. The van der Waals surface area contributed by atoms with Crippen molar-refractivity contribution in [3.8, 4) is 0 Å². The summed E-state index contributed by atoms with van der Waals surface area (Å²) in [7, 11) is 0. The monoisotopic (exact) mass is 263 g/mol. The van der Waals surface area contributed by atoms with Crippen LogP contribution < -0.4 is 5.32 Å². The summed E-state index contributed by atoms with van der Waals surface area (Å²) in [5, 5.41) is 21.1. The molecule has 0 fully saturated rings. The highest BCUT2D eigenvalue weighted by molar-refractivity contribution is 8.13. The molecule has 0 unspecified atom stereocenters. The molecule has 0 aromatic heterocycles.